The Morgan fingerprint density at radius 1 is 0.549 bits per heavy atom. The normalized spacial score (nSPS) is 24.7. The first-order valence-electron chi connectivity index (χ1n) is 16.8. The van der Waals surface area contributed by atoms with Crippen LogP contribution in [0.1, 0.15) is 126 Å². The number of hydrogen-bond acceptors (Lipinski definition) is 10. The van der Waals surface area contributed by atoms with Crippen LogP contribution in [-0.4, -0.2) is 48.5 Å². The summed E-state index contributed by atoms with van der Waals surface area (Å²) in [6, 6.07) is 6.38. The molecule has 6 N–H and O–H groups in total. The highest BCUT2D eigenvalue weighted by Crippen LogP contribution is 2.55. The lowest BCUT2D eigenvalue weighted by atomic mass is 9.78. The van der Waals surface area contributed by atoms with Gasteiger partial charge in [-0.05, 0) is 45.9 Å². The van der Waals surface area contributed by atoms with Gasteiger partial charge in [-0.3, -0.25) is 38.5 Å². The lowest BCUT2D eigenvalue weighted by molar-refractivity contribution is -0.0726. The Hall–Kier alpha value is -2.80. The summed E-state index contributed by atoms with van der Waals surface area (Å²) >= 11 is 0. The van der Waals surface area contributed by atoms with Crippen LogP contribution in [0.5, 0.6) is 11.5 Å². The summed E-state index contributed by atoms with van der Waals surface area (Å²) in [6.07, 6.45) is 0. The summed E-state index contributed by atoms with van der Waals surface area (Å²) in [5.74, 6) is -0.970. The average molecular weight is 753 g/mol. The van der Waals surface area contributed by atoms with E-state index in [1.165, 1.54) is 0 Å². The van der Waals surface area contributed by atoms with E-state index in [9.17, 15) is 28.9 Å². The molecule has 0 radical (unpaired) electrons. The van der Waals surface area contributed by atoms with E-state index in [1.54, 1.807) is 24.3 Å². The molecule has 51 heavy (non-hydrogen) atoms. The molecule has 1 spiro atoms. The molecule has 0 aliphatic carbocycles. The molecule has 2 amide bonds. The second-order valence-corrected chi connectivity index (χ2v) is 21.0. The van der Waals surface area contributed by atoms with Gasteiger partial charge in [0.05, 0.1) is 31.8 Å². The Bertz CT molecular complexity index is 1560. The second-order valence-electron chi connectivity index (χ2n) is 17.6. The molecule has 14 nitrogen and oxygen atoms in total. The van der Waals surface area contributed by atoms with Crippen LogP contribution in [0.4, 0.5) is 0 Å². The summed E-state index contributed by atoms with van der Waals surface area (Å²) in [4.78, 5) is 26.4. The largest absolute Gasteiger partial charge is 0.507 e. The van der Waals surface area contributed by atoms with Gasteiger partial charge in [0.1, 0.15) is 11.5 Å². The van der Waals surface area contributed by atoms with E-state index in [-0.39, 0.29) is 49.1 Å². The number of hydrazine groups is 2. The van der Waals surface area contributed by atoms with Crippen molar-refractivity contribution in [1.29, 1.82) is 0 Å². The zero-order valence-corrected chi connectivity index (χ0v) is 33.5. The monoisotopic (exact) mass is 752 g/mol. The van der Waals surface area contributed by atoms with Crippen LogP contribution in [0, 0.1) is 5.41 Å². The van der Waals surface area contributed by atoms with E-state index in [2.05, 4.69) is 21.2 Å². The third-order valence-electron chi connectivity index (χ3n) is 8.75. The van der Waals surface area contributed by atoms with Crippen LogP contribution in [0.3, 0.4) is 0 Å². The van der Waals surface area contributed by atoms with Gasteiger partial charge in [0.25, 0.3) is 11.8 Å². The Kier molecular flexibility index (Phi) is 11.1. The second kappa shape index (κ2) is 13.9. The minimum Gasteiger partial charge on any atom is -0.507 e. The molecule has 2 fully saturated rings. The van der Waals surface area contributed by atoms with Crippen molar-refractivity contribution < 1.29 is 47.0 Å². The van der Waals surface area contributed by atoms with Gasteiger partial charge < -0.3 is 10.2 Å². The molecule has 2 heterocycles. The fraction of sp³-hybridized carbons (Fsp3) is 0.600. The van der Waals surface area contributed by atoms with Gasteiger partial charge in [0, 0.05) is 33.4 Å². The van der Waals surface area contributed by atoms with Crippen LogP contribution in [0.15, 0.2) is 24.3 Å². The van der Waals surface area contributed by atoms with Gasteiger partial charge in [0.15, 0.2) is 0 Å². The van der Waals surface area contributed by atoms with E-state index in [0.29, 0.717) is 22.3 Å². The summed E-state index contributed by atoms with van der Waals surface area (Å²) in [7, 11) is -8.02. The molecule has 2 aliphatic rings. The number of carbonyl (C=O) groups is 2. The number of carbonyl (C=O) groups excluding carboxylic acids is 2. The summed E-state index contributed by atoms with van der Waals surface area (Å²) < 4.78 is 48.8. The first kappa shape index (κ1) is 41.0. The fourth-order valence-corrected chi connectivity index (χ4v) is 8.20. The van der Waals surface area contributed by atoms with Crippen molar-refractivity contribution in [3.05, 3.63) is 57.6 Å². The summed E-state index contributed by atoms with van der Waals surface area (Å²) in [5, 5.41) is 26.7. The minimum atomic E-state index is -4.01. The SMILES string of the molecule is CC(C)(C)c1cc(C(=O)NNP2(=O)OCC3(CO2)COP(=O)(NNC(=O)c2cc(C(C)(C)C)c(O)c(C(C)(C)C)c2)OC3)cc(C(C)(C)C)c1O. The van der Waals surface area contributed by atoms with E-state index < -0.39 is 54.4 Å². The van der Waals surface area contributed by atoms with Crippen LogP contribution >= 0.6 is 15.5 Å². The molecular formula is C35H54N4O10P2. The first-order valence-corrected chi connectivity index (χ1v) is 19.9. The molecule has 2 saturated heterocycles. The molecule has 2 aromatic rings. The van der Waals surface area contributed by atoms with E-state index in [1.807, 2.05) is 83.1 Å². The van der Waals surface area contributed by atoms with Gasteiger partial charge in [-0.1, -0.05) is 83.1 Å². The Morgan fingerprint density at radius 2 is 0.784 bits per heavy atom. The van der Waals surface area contributed by atoms with Crippen molar-refractivity contribution >= 4 is 27.3 Å². The van der Waals surface area contributed by atoms with Crippen LogP contribution < -0.4 is 21.2 Å². The highest BCUT2D eigenvalue weighted by molar-refractivity contribution is 7.52. The molecule has 0 aromatic heterocycles. The lowest BCUT2D eigenvalue weighted by Crippen LogP contribution is -2.49. The minimum absolute atomic E-state index is 0.123. The maximum Gasteiger partial charge on any atom is 0.423 e. The number of phenolic OH excluding ortho intramolecular Hbond substituents is 2. The number of hydrogen-bond donors (Lipinski definition) is 6. The predicted molar refractivity (Wildman–Crippen MR) is 194 cm³/mol. The quantitative estimate of drug-likeness (QED) is 0.134. The predicted octanol–water partition coefficient (Wildman–Crippen LogP) is 6.75. The van der Waals surface area contributed by atoms with Crippen LogP contribution in [0.2, 0.25) is 0 Å². The van der Waals surface area contributed by atoms with Crippen molar-refractivity contribution in [2.75, 3.05) is 26.4 Å². The number of nitrogens with one attached hydrogen (secondary N) is 4. The van der Waals surface area contributed by atoms with Crippen molar-refractivity contribution in [1.82, 2.24) is 21.2 Å². The van der Waals surface area contributed by atoms with Gasteiger partial charge in [-0.15, -0.1) is 10.4 Å². The van der Waals surface area contributed by atoms with E-state index in [4.69, 9.17) is 18.1 Å². The smallest absolute Gasteiger partial charge is 0.423 e. The van der Waals surface area contributed by atoms with E-state index >= 15 is 0 Å². The van der Waals surface area contributed by atoms with Crippen LogP contribution in [-0.2, 0) is 48.9 Å². The zero-order chi connectivity index (χ0) is 38.6. The molecule has 0 atom stereocenters. The Balaban J connectivity index is 1.35. The van der Waals surface area contributed by atoms with Crippen molar-refractivity contribution in [2.24, 2.45) is 5.41 Å². The average Bonchev–Trinajstić information content (AvgIpc) is 3.00. The summed E-state index contributed by atoms with van der Waals surface area (Å²) in [5.41, 5.74) is 4.84. The Labute approximate surface area is 300 Å². The van der Waals surface area contributed by atoms with Gasteiger partial charge in [-0.2, -0.15) is 0 Å². The lowest BCUT2D eigenvalue weighted by Gasteiger charge is -2.42. The van der Waals surface area contributed by atoms with Gasteiger partial charge >= 0.3 is 15.5 Å². The highest BCUT2D eigenvalue weighted by Gasteiger charge is 2.49. The molecule has 2 aromatic carbocycles. The van der Waals surface area contributed by atoms with E-state index in [0.717, 1.165) is 0 Å². The molecular weight excluding hydrogens is 698 g/mol. The fourth-order valence-electron chi connectivity index (χ4n) is 5.54. The van der Waals surface area contributed by atoms with Crippen molar-refractivity contribution in [3.8, 4) is 11.5 Å². The third-order valence-corrected chi connectivity index (χ3v) is 11.4. The topological polar surface area (TPSA) is 194 Å². The molecule has 16 heteroatoms. The number of rotatable bonds is 6. The molecule has 0 bridgehead atoms. The summed E-state index contributed by atoms with van der Waals surface area (Å²) in [6.45, 7) is 22.4. The number of amides is 2. The zero-order valence-electron chi connectivity index (χ0n) is 31.7. The number of benzene rings is 2. The highest BCUT2D eigenvalue weighted by atomic mass is 31.2. The Morgan fingerprint density at radius 3 is 1.00 bits per heavy atom. The maximum atomic E-state index is 13.3. The van der Waals surface area contributed by atoms with Gasteiger partial charge in [-0.25, -0.2) is 9.13 Å². The maximum absolute atomic E-state index is 13.3. The van der Waals surface area contributed by atoms with Gasteiger partial charge in [0.2, 0.25) is 0 Å². The number of aromatic hydroxyl groups is 2. The van der Waals surface area contributed by atoms with Crippen molar-refractivity contribution in [2.45, 2.75) is 105 Å². The molecule has 284 valence electrons. The first-order chi connectivity index (χ1) is 23.1. The molecule has 2 aliphatic heterocycles. The van der Waals surface area contributed by atoms with Crippen molar-refractivity contribution in [3.63, 3.8) is 0 Å². The standard InChI is InChI=1S/C35H54N4O10P2/c1-31(2,3)23-13-21(14-24(27(23)40)32(4,5)6)29(42)36-38-50(44)46-17-35(18-47-50)19-48-51(45,49-20-35)39-37-30(43)22-15-25(33(7,8)9)28(41)26(16-22)34(10,11)12/h13-16,40-41H,17-20H2,1-12H3,(H,36,42)(H,37,43)(H,38,44)(H,39,45). The molecule has 0 saturated carbocycles. The third kappa shape index (κ3) is 9.42. The molecule has 0 unspecified atom stereocenters. The molecule has 4 rings (SSSR count). The number of phenols is 2. The van der Waals surface area contributed by atoms with Crippen LogP contribution in [0.25, 0.3) is 0 Å².